The van der Waals surface area contributed by atoms with Gasteiger partial charge in [-0.15, -0.1) is 0 Å². The lowest BCUT2D eigenvalue weighted by atomic mass is 9.75. The van der Waals surface area contributed by atoms with Crippen molar-refractivity contribution in [2.24, 2.45) is 5.92 Å². The summed E-state index contributed by atoms with van der Waals surface area (Å²) in [5.41, 5.74) is 4.17. The van der Waals surface area contributed by atoms with E-state index in [1.165, 1.54) is 16.7 Å². The van der Waals surface area contributed by atoms with Gasteiger partial charge in [-0.2, -0.15) is 0 Å². The Morgan fingerprint density at radius 2 is 1.89 bits per heavy atom. The molecule has 1 amide bonds. The van der Waals surface area contributed by atoms with Gasteiger partial charge in [0.25, 0.3) is 0 Å². The van der Waals surface area contributed by atoms with Crippen molar-refractivity contribution in [3.63, 3.8) is 0 Å². The van der Waals surface area contributed by atoms with Crippen molar-refractivity contribution in [3.05, 3.63) is 64.7 Å². The second-order valence-corrected chi connectivity index (χ2v) is 10.5. The number of carbonyl (C=O) groups excluding carboxylic acids is 1. The highest BCUT2D eigenvalue weighted by Gasteiger charge is 2.53. The lowest BCUT2D eigenvalue weighted by Gasteiger charge is -2.43. The highest BCUT2D eigenvalue weighted by molar-refractivity contribution is 5.82. The Kier molecular flexibility index (Phi) is 8.45. The first-order valence-electron chi connectivity index (χ1n) is 13.6. The molecule has 5 rings (SSSR count). The summed E-state index contributed by atoms with van der Waals surface area (Å²) in [4.78, 5) is 16.4. The van der Waals surface area contributed by atoms with Crippen LogP contribution in [0.25, 0.3) is 0 Å². The smallest absolute Gasteiger partial charge is 0.230 e. The van der Waals surface area contributed by atoms with Crippen LogP contribution >= 0.6 is 0 Å². The van der Waals surface area contributed by atoms with Crippen molar-refractivity contribution < 1.29 is 23.7 Å². The number of aryl methyl sites for hydroxylation is 1. The fourth-order valence-electron chi connectivity index (χ4n) is 5.87. The molecule has 1 N–H and O–H groups in total. The number of nitrogens with zero attached hydrogens (tertiary/aromatic N) is 1. The van der Waals surface area contributed by atoms with Gasteiger partial charge in [0.1, 0.15) is 18.0 Å². The minimum Gasteiger partial charge on any atom is -0.491 e. The summed E-state index contributed by atoms with van der Waals surface area (Å²) in [5.74, 6) is 0.778. The van der Waals surface area contributed by atoms with Gasteiger partial charge in [0.05, 0.1) is 19.1 Å². The first-order valence-corrected chi connectivity index (χ1v) is 13.6. The van der Waals surface area contributed by atoms with Crippen molar-refractivity contribution in [1.82, 2.24) is 10.2 Å². The molecule has 2 aromatic carbocycles. The van der Waals surface area contributed by atoms with Crippen LogP contribution in [0.4, 0.5) is 0 Å². The third-order valence-corrected chi connectivity index (χ3v) is 7.86. The number of amides is 1. The Hall–Kier alpha value is -2.45. The third-order valence-electron chi connectivity index (χ3n) is 7.86. The van der Waals surface area contributed by atoms with Gasteiger partial charge in [-0.1, -0.05) is 30.3 Å². The van der Waals surface area contributed by atoms with Crippen LogP contribution in [0.1, 0.15) is 47.9 Å². The van der Waals surface area contributed by atoms with Crippen LogP contribution in [-0.4, -0.2) is 64.0 Å². The fraction of sp³-hybridized carbons (Fsp3) is 0.567. The number of ether oxygens (including phenoxy) is 4. The van der Waals surface area contributed by atoms with E-state index < -0.39 is 5.60 Å². The Labute approximate surface area is 220 Å². The topological polar surface area (TPSA) is 69.3 Å². The van der Waals surface area contributed by atoms with Crippen LogP contribution in [0, 0.1) is 5.92 Å². The molecule has 0 aromatic heterocycles. The summed E-state index contributed by atoms with van der Waals surface area (Å²) in [6, 6.07) is 15.1. The standard InChI is InChI=1S/C30H40N2O5/c1-34-13-5-6-22-16-23(18-26(17-22)36-15-14-35-2)20-32(25-9-10-25)29(33)28-19-31-12-11-30(28)27-8-4-3-7-24(27)21-37-30/h3-4,7-8,16-18,25,28,31H,5-6,9-15,19-21H2,1-2H3/t28-,30?/m1/s1. The molecule has 200 valence electrons. The molecule has 2 aromatic rings. The largest absolute Gasteiger partial charge is 0.491 e. The molecule has 3 aliphatic rings. The zero-order valence-electron chi connectivity index (χ0n) is 22.2. The molecule has 0 radical (unpaired) electrons. The van der Waals surface area contributed by atoms with Gasteiger partial charge >= 0.3 is 0 Å². The second-order valence-electron chi connectivity index (χ2n) is 10.5. The highest BCUT2D eigenvalue weighted by Crippen LogP contribution is 2.47. The summed E-state index contributed by atoms with van der Waals surface area (Å²) in [5, 5.41) is 3.48. The fourth-order valence-corrected chi connectivity index (χ4v) is 5.87. The molecule has 0 bridgehead atoms. The van der Waals surface area contributed by atoms with E-state index in [4.69, 9.17) is 18.9 Å². The number of nitrogens with one attached hydrogen (secondary N) is 1. The number of rotatable bonds is 12. The summed E-state index contributed by atoms with van der Waals surface area (Å²) in [7, 11) is 3.41. The Morgan fingerprint density at radius 3 is 2.70 bits per heavy atom. The molecule has 2 heterocycles. The minimum absolute atomic E-state index is 0.193. The number of fused-ring (bicyclic) bond motifs is 2. The van der Waals surface area contributed by atoms with Crippen molar-refractivity contribution in [1.29, 1.82) is 0 Å². The van der Waals surface area contributed by atoms with Gasteiger partial charge in [0, 0.05) is 40.0 Å². The zero-order valence-corrected chi connectivity index (χ0v) is 22.2. The molecule has 2 atom stereocenters. The molecular weight excluding hydrogens is 468 g/mol. The molecule has 7 nitrogen and oxygen atoms in total. The van der Waals surface area contributed by atoms with E-state index in [2.05, 4.69) is 52.7 Å². The maximum atomic E-state index is 14.3. The number of methoxy groups -OCH3 is 2. The quantitative estimate of drug-likeness (QED) is 0.440. The van der Waals surface area contributed by atoms with Gasteiger partial charge in [0.2, 0.25) is 5.91 Å². The monoisotopic (exact) mass is 508 g/mol. The Morgan fingerprint density at radius 1 is 1.08 bits per heavy atom. The number of piperidine rings is 1. The van der Waals surface area contributed by atoms with Crippen LogP contribution in [0.2, 0.25) is 0 Å². The van der Waals surface area contributed by atoms with Crippen LogP contribution in [-0.2, 0) is 44.2 Å². The average molecular weight is 509 g/mol. The first-order chi connectivity index (χ1) is 18.1. The number of hydrogen-bond acceptors (Lipinski definition) is 6. The predicted molar refractivity (Wildman–Crippen MR) is 141 cm³/mol. The molecular formula is C30H40N2O5. The summed E-state index contributed by atoms with van der Waals surface area (Å²) in [6.07, 6.45) is 4.77. The second kappa shape index (κ2) is 11.9. The Balaban J connectivity index is 1.39. The molecule has 1 unspecified atom stereocenters. The van der Waals surface area contributed by atoms with E-state index >= 15 is 0 Å². The van der Waals surface area contributed by atoms with Gasteiger partial charge in [-0.05, 0) is 73.0 Å². The van der Waals surface area contributed by atoms with E-state index in [1.807, 2.05) is 0 Å². The van der Waals surface area contributed by atoms with Crippen molar-refractivity contribution >= 4 is 5.91 Å². The van der Waals surface area contributed by atoms with Crippen LogP contribution in [0.3, 0.4) is 0 Å². The van der Waals surface area contributed by atoms with Gasteiger partial charge < -0.3 is 29.2 Å². The predicted octanol–water partition coefficient (Wildman–Crippen LogP) is 3.82. The van der Waals surface area contributed by atoms with Crippen molar-refractivity contribution in [2.45, 2.75) is 56.9 Å². The minimum atomic E-state index is -0.539. The first kappa shape index (κ1) is 26.2. The van der Waals surface area contributed by atoms with Gasteiger partial charge in [-0.25, -0.2) is 0 Å². The van der Waals surface area contributed by atoms with Crippen LogP contribution < -0.4 is 10.1 Å². The normalized spacial score (nSPS) is 22.7. The lowest BCUT2D eigenvalue weighted by Crippen LogP contribution is -2.55. The molecule has 7 heteroatoms. The number of benzene rings is 2. The average Bonchev–Trinajstić information content (AvgIpc) is 3.70. The van der Waals surface area contributed by atoms with E-state index in [-0.39, 0.29) is 17.9 Å². The van der Waals surface area contributed by atoms with Crippen molar-refractivity contribution in [3.8, 4) is 5.75 Å². The molecule has 1 saturated carbocycles. The maximum Gasteiger partial charge on any atom is 0.230 e. The molecule has 1 aliphatic carbocycles. The van der Waals surface area contributed by atoms with E-state index in [1.54, 1.807) is 14.2 Å². The van der Waals surface area contributed by atoms with Crippen LogP contribution in [0.5, 0.6) is 5.75 Å². The summed E-state index contributed by atoms with van der Waals surface area (Å²) >= 11 is 0. The van der Waals surface area contributed by atoms with Gasteiger partial charge in [0.15, 0.2) is 0 Å². The highest BCUT2D eigenvalue weighted by atomic mass is 16.5. The number of hydrogen-bond donors (Lipinski definition) is 1. The molecule has 1 spiro atoms. The van der Waals surface area contributed by atoms with Crippen molar-refractivity contribution in [2.75, 3.05) is 47.1 Å². The molecule has 37 heavy (non-hydrogen) atoms. The third kappa shape index (κ3) is 5.85. The maximum absolute atomic E-state index is 14.3. The summed E-state index contributed by atoms with van der Waals surface area (Å²) < 4.78 is 22.9. The molecule has 1 saturated heterocycles. The van der Waals surface area contributed by atoms with Gasteiger partial charge in [-0.3, -0.25) is 4.79 Å². The van der Waals surface area contributed by atoms with E-state index in [0.29, 0.717) is 32.9 Å². The van der Waals surface area contributed by atoms with E-state index in [0.717, 1.165) is 56.6 Å². The van der Waals surface area contributed by atoms with Crippen LogP contribution in [0.15, 0.2) is 42.5 Å². The van der Waals surface area contributed by atoms with E-state index in [9.17, 15) is 4.79 Å². The number of carbonyl (C=O) groups is 1. The molecule has 2 fully saturated rings. The summed E-state index contributed by atoms with van der Waals surface area (Å²) in [6.45, 7) is 4.40. The zero-order chi connectivity index (χ0) is 25.7. The lowest BCUT2D eigenvalue weighted by molar-refractivity contribution is -0.157. The molecule has 2 aliphatic heterocycles. The Bertz CT molecular complexity index is 1040. The SMILES string of the molecule is COCCCc1cc(CN(C(=O)[C@H]2CNCCC23OCc2ccccc23)C2CC2)cc(OCCOC)c1.